The van der Waals surface area contributed by atoms with Crippen LogP contribution in [0.2, 0.25) is 0 Å². The fourth-order valence-electron chi connectivity index (χ4n) is 3.06. The lowest BCUT2D eigenvalue weighted by Crippen LogP contribution is -2.46. The van der Waals surface area contributed by atoms with Gasteiger partial charge < -0.3 is 15.5 Å². The van der Waals surface area contributed by atoms with E-state index >= 15 is 0 Å². The Morgan fingerprint density at radius 3 is 2.25 bits per heavy atom. The van der Waals surface area contributed by atoms with E-state index in [2.05, 4.69) is 15.5 Å². The van der Waals surface area contributed by atoms with Gasteiger partial charge in [0.1, 0.15) is 0 Å². The highest BCUT2D eigenvalue weighted by atomic mass is 16.2. The SMILES string of the molecule is CC(C)C(=O)NC1CCN(c2ccccc2C(=O)NC2CC2)CC1. The highest BCUT2D eigenvalue weighted by Gasteiger charge is 2.27. The molecule has 5 nitrogen and oxygen atoms in total. The predicted octanol–water partition coefficient (Wildman–Crippen LogP) is 2.32. The first-order valence-corrected chi connectivity index (χ1v) is 9.00. The van der Waals surface area contributed by atoms with E-state index in [4.69, 9.17) is 0 Å². The monoisotopic (exact) mass is 329 g/mol. The Hall–Kier alpha value is -2.04. The van der Waals surface area contributed by atoms with Crippen molar-refractivity contribution in [1.82, 2.24) is 10.6 Å². The minimum atomic E-state index is 0.0230. The minimum Gasteiger partial charge on any atom is -0.371 e. The molecule has 0 radical (unpaired) electrons. The lowest BCUT2D eigenvalue weighted by molar-refractivity contribution is -0.124. The number of amides is 2. The second kappa shape index (κ2) is 7.24. The number of nitrogens with one attached hydrogen (secondary N) is 2. The van der Waals surface area contributed by atoms with E-state index < -0.39 is 0 Å². The van der Waals surface area contributed by atoms with Crippen LogP contribution in [0, 0.1) is 5.92 Å². The first-order chi connectivity index (χ1) is 11.5. The summed E-state index contributed by atoms with van der Waals surface area (Å²) in [7, 11) is 0. The molecule has 2 aliphatic rings. The molecule has 0 unspecified atom stereocenters. The van der Waals surface area contributed by atoms with E-state index in [1.165, 1.54) is 0 Å². The molecule has 1 aromatic rings. The van der Waals surface area contributed by atoms with Crippen LogP contribution in [0.25, 0.3) is 0 Å². The topological polar surface area (TPSA) is 61.4 Å². The van der Waals surface area contributed by atoms with Gasteiger partial charge in [-0.1, -0.05) is 26.0 Å². The molecule has 0 spiro atoms. The lowest BCUT2D eigenvalue weighted by Gasteiger charge is -2.35. The number of carbonyl (C=O) groups is 2. The Morgan fingerprint density at radius 1 is 1.00 bits per heavy atom. The van der Waals surface area contributed by atoms with Gasteiger partial charge in [0, 0.05) is 36.8 Å². The van der Waals surface area contributed by atoms with Gasteiger partial charge in [-0.2, -0.15) is 0 Å². The normalized spacial score (nSPS) is 18.5. The number of hydrogen-bond donors (Lipinski definition) is 2. The van der Waals surface area contributed by atoms with Crippen LogP contribution in [-0.2, 0) is 4.79 Å². The average Bonchev–Trinajstić information content (AvgIpc) is 3.39. The van der Waals surface area contributed by atoms with E-state index in [0.29, 0.717) is 6.04 Å². The van der Waals surface area contributed by atoms with Crippen LogP contribution < -0.4 is 15.5 Å². The summed E-state index contributed by atoms with van der Waals surface area (Å²) in [5.74, 6) is 0.177. The molecular formula is C19H27N3O2. The van der Waals surface area contributed by atoms with Crippen LogP contribution in [0.4, 0.5) is 5.69 Å². The van der Waals surface area contributed by atoms with Crippen LogP contribution >= 0.6 is 0 Å². The van der Waals surface area contributed by atoms with Gasteiger partial charge in [-0.15, -0.1) is 0 Å². The summed E-state index contributed by atoms with van der Waals surface area (Å²) < 4.78 is 0. The molecule has 2 fully saturated rings. The van der Waals surface area contributed by atoms with Gasteiger partial charge in [-0.25, -0.2) is 0 Å². The molecule has 1 heterocycles. The number of hydrogen-bond acceptors (Lipinski definition) is 3. The average molecular weight is 329 g/mol. The lowest BCUT2D eigenvalue weighted by atomic mass is 10.0. The standard InChI is InChI=1S/C19H27N3O2/c1-13(2)18(23)20-15-9-11-22(12-10-15)17-6-4-3-5-16(17)19(24)21-14-7-8-14/h3-6,13-15H,7-12H2,1-2H3,(H,20,23)(H,21,24). The van der Waals surface area contributed by atoms with E-state index in [1.54, 1.807) is 0 Å². The zero-order chi connectivity index (χ0) is 17.1. The second-order valence-corrected chi connectivity index (χ2v) is 7.19. The van der Waals surface area contributed by atoms with E-state index in [1.807, 2.05) is 38.1 Å². The van der Waals surface area contributed by atoms with Crippen LogP contribution in [-0.4, -0.2) is 37.0 Å². The smallest absolute Gasteiger partial charge is 0.253 e. The Balaban J connectivity index is 1.62. The zero-order valence-electron chi connectivity index (χ0n) is 14.5. The van der Waals surface area contributed by atoms with Crippen molar-refractivity contribution in [1.29, 1.82) is 0 Å². The third-order valence-electron chi connectivity index (χ3n) is 4.77. The molecule has 1 aliphatic heterocycles. The first-order valence-electron chi connectivity index (χ1n) is 9.00. The van der Waals surface area contributed by atoms with Gasteiger partial charge >= 0.3 is 0 Å². The molecule has 24 heavy (non-hydrogen) atoms. The Morgan fingerprint density at radius 2 is 1.62 bits per heavy atom. The highest BCUT2D eigenvalue weighted by molar-refractivity contribution is 6.00. The number of piperidine rings is 1. The maximum Gasteiger partial charge on any atom is 0.253 e. The molecule has 0 bridgehead atoms. The molecule has 3 rings (SSSR count). The molecule has 1 aromatic carbocycles. The molecule has 2 N–H and O–H groups in total. The molecule has 0 aromatic heterocycles. The minimum absolute atomic E-state index is 0.0230. The summed E-state index contributed by atoms with van der Waals surface area (Å²) in [5.41, 5.74) is 1.76. The van der Waals surface area contributed by atoms with Crippen molar-refractivity contribution in [3.05, 3.63) is 29.8 Å². The van der Waals surface area contributed by atoms with Crippen molar-refractivity contribution >= 4 is 17.5 Å². The van der Waals surface area contributed by atoms with Gasteiger partial charge in [0.2, 0.25) is 5.91 Å². The van der Waals surface area contributed by atoms with Crippen molar-refractivity contribution in [3.63, 3.8) is 0 Å². The quantitative estimate of drug-likeness (QED) is 0.871. The first kappa shape index (κ1) is 16.8. The highest BCUT2D eigenvalue weighted by Crippen LogP contribution is 2.26. The van der Waals surface area contributed by atoms with E-state index in [9.17, 15) is 9.59 Å². The Labute approximate surface area is 143 Å². The summed E-state index contributed by atoms with van der Waals surface area (Å²) in [6.45, 7) is 5.55. The maximum atomic E-state index is 12.4. The number of carbonyl (C=O) groups excluding carboxylic acids is 2. The largest absolute Gasteiger partial charge is 0.371 e. The number of anilines is 1. The summed E-state index contributed by atoms with van der Waals surface area (Å²) in [5, 5.41) is 6.19. The van der Waals surface area contributed by atoms with Gasteiger partial charge in [0.15, 0.2) is 0 Å². The number of benzene rings is 1. The fraction of sp³-hybridized carbons (Fsp3) is 0.579. The molecule has 5 heteroatoms. The summed E-state index contributed by atoms with van der Waals surface area (Å²) in [6.07, 6.45) is 4.01. The summed E-state index contributed by atoms with van der Waals surface area (Å²) >= 11 is 0. The maximum absolute atomic E-state index is 12.4. The van der Waals surface area contributed by atoms with Crippen molar-refractivity contribution in [2.75, 3.05) is 18.0 Å². The van der Waals surface area contributed by atoms with Crippen LogP contribution in [0.15, 0.2) is 24.3 Å². The van der Waals surface area contributed by atoms with Crippen molar-refractivity contribution in [3.8, 4) is 0 Å². The summed E-state index contributed by atoms with van der Waals surface area (Å²) in [4.78, 5) is 26.5. The summed E-state index contributed by atoms with van der Waals surface area (Å²) in [6, 6.07) is 8.43. The van der Waals surface area contributed by atoms with Gasteiger partial charge in [-0.05, 0) is 37.8 Å². The van der Waals surface area contributed by atoms with Crippen LogP contribution in [0.5, 0.6) is 0 Å². The molecule has 1 saturated carbocycles. The predicted molar refractivity (Wildman–Crippen MR) is 95.1 cm³/mol. The molecule has 1 aliphatic carbocycles. The number of nitrogens with zero attached hydrogens (tertiary/aromatic N) is 1. The van der Waals surface area contributed by atoms with Crippen molar-refractivity contribution in [2.24, 2.45) is 5.92 Å². The van der Waals surface area contributed by atoms with Crippen molar-refractivity contribution < 1.29 is 9.59 Å². The van der Waals surface area contributed by atoms with Gasteiger partial charge in [0.05, 0.1) is 5.56 Å². The second-order valence-electron chi connectivity index (χ2n) is 7.19. The third-order valence-corrected chi connectivity index (χ3v) is 4.77. The van der Waals surface area contributed by atoms with E-state index in [-0.39, 0.29) is 23.8 Å². The van der Waals surface area contributed by atoms with E-state index in [0.717, 1.165) is 50.0 Å². The third kappa shape index (κ3) is 4.08. The van der Waals surface area contributed by atoms with Crippen LogP contribution in [0.1, 0.15) is 49.9 Å². The fourth-order valence-corrected chi connectivity index (χ4v) is 3.06. The number of para-hydroxylation sites is 1. The Kier molecular flexibility index (Phi) is 5.07. The molecular weight excluding hydrogens is 302 g/mol. The van der Waals surface area contributed by atoms with Gasteiger partial charge in [0.25, 0.3) is 5.91 Å². The van der Waals surface area contributed by atoms with Crippen LogP contribution in [0.3, 0.4) is 0 Å². The van der Waals surface area contributed by atoms with Crippen molar-refractivity contribution in [2.45, 2.75) is 51.6 Å². The number of rotatable bonds is 5. The molecule has 2 amide bonds. The molecule has 1 saturated heterocycles. The molecule has 0 atom stereocenters. The molecule has 130 valence electrons. The zero-order valence-corrected chi connectivity index (χ0v) is 14.5. The Bertz CT molecular complexity index is 602. The van der Waals surface area contributed by atoms with Gasteiger partial charge in [-0.3, -0.25) is 9.59 Å².